The molecule has 1 heterocycles. The van der Waals surface area contributed by atoms with Gasteiger partial charge in [0.05, 0.1) is 5.69 Å². The van der Waals surface area contributed by atoms with Crippen LogP contribution < -0.4 is 0 Å². The number of hydrogen-bond donors (Lipinski definition) is 1. The van der Waals surface area contributed by atoms with E-state index in [0.29, 0.717) is 17.1 Å². The van der Waals surface area contributed by atoms with E-state index in [4.69, 9.17) is 5.11 Å². The maximum absolute atomic E-state index is 13.7. The van der Waals surface area contributed by atoms with Crippen LogP contribution in [0.2, 0.25) is 0 Å². The summed E-state index contributed by atoms with van der Waals surface area (Å²) in [6, 6.07) is 4.64. The summed E-state index contributed by atoms with van der Waals surface area (Å²) in [5, 5.41) is 13.0. The van der Waals surface area contributed by atoms with E-state index in [1.165, 1.54) is 10.7 Å². The molecule has 6 heteroatoms. The second kappa shape index (κ2) is 4.70. The highest BCUT2D eigenvalue weighted by atomic mass is 19.1. The lowest BCUT2D eigenvalue weighted by atomic mass is 9.95. The zero-order chi connectivity index (χ0) is 15.1. The number of aromatic nitrogens is 3. The summed E-state index contributed by atoms with van der Waals surface area (Å²) in [6.07, 6.45) is 0. The molecule has 0 aliphatic carbocycles. The van der Waals surface area contributed by atoms with Gasteiger partial charge in [0.2, 0.25) is 0 Å². The molecule has 0 saturated carbocycles. The van der Waals surface area contributed by atoms with Crippen molar-refractivity contribution in [2.75, 3.05) is 0 Å². The molecular formula is C14H16FN3O2. The van der Waals surface area contributed by atoms with Gasteiger partial charge in [0, 0.05) is 5.41 Å². The lowest BCUT2D eigenvalue weighted by Gasteiger charge is -2.18. The van der Waals surface area contributed by atoms with Crippen molar-refractivity contribution in [3.63, 3.8) is 0 Å². The normalized spacial score (nSPS) is 11.7. The first-order chi connectivity index (χ1) is 9.20. The summed E-state index contributed by atoms with van der Waals surface area (Å²) in [5.41, 5.74) is 0.560. The number of aromatic carboxylic acids is 1. The van der Waals surface area contributed by atoms with E-state index in [1.54, 1.807) is 19.1 Å². The van der Waals surface area contributed by atoms with Crippen LogP contribution in [0, 0.1) is 12.7 Å². The number of rotatable bonds is 2. The number of benzene rings is 1. The number of aryl methyl sites for hydroxylation is 1. The molecule has 1 aromatic heterocycles. The molecule has 0 aliphatic heterocycles. The maximum atomic E-state index is 13.7. The van der Waals surface area contributed by atoms with E-state index in [-0.39, 0.29) is 11.6 Å². The molecule has 0 spiro atoms. The predicted octanol–water partition coefficient (Wildman–Crippen LogP) is 2.71. The fourth-order valence-corrected chi connectivity index (χ4v) is 1.78. The number of carbonyl (C=O) groups is 1. The Morgan fingerprint density at radius 3 is 2.50 bits per heavy atom. The highest BCUT2D eigenvalue weighted by molar-refractivity contribution is 5.83. The van der Waals surface area contributed by atoms with Crippen molar-refractivity contribution in [1.82, 2.24) is 14.8 Å². The number of halogens is 1. The topological polar surface area (TPSA) is 68.0 Å². The van der Waals surface area contributed by atoms with E-state index in [9.17, 15) is 9.18 Å². The van der Waals surface area contributed by atoms with Crippen molar-refractivity contribution < 1.29 is 14.3 Å². The lowest BCUT2D eigenvalue weighted by molar-refractivity contribution is 0.0683. The van der Waals surface area contributed by atoms with Crippen LogP contribution in [0.15, 0.2) is 18.2 Å². The number of carboxylic acid groups (broad SMARTS) is 1. The van der Waals surface area contributed by atoms with E-state index < -0.39 is 11.4 Å². The summed E-state index contributed by atoms with van der Waals surface area (Å²) in [4.78, 5) is 15.1. The van der Waals surface area contributed by atoms with Gasteiger partial charge in [0.15, 0.2) is 0 Å². The zero-order valence-electron chi connectivity index (χ0n) is 11.8. The fraction of sp³-hybridized carbons (Fsp3) is 0.357. The molecule has 20 heavy (non-hydrogen) atoms. The Morgan fingerprint density at radius 2 is 2.00 bits per heavy atom. The minimum Gasteiger partial charge on any atom is -0.475 e. The minimum absolute atomic E-state index is 0.295. The smallest absolute Gasteiger partial charge is 0.375 e. The first kappa shape index (κ1) is 14.2. The van der Waals surface area contributed by atoms with E-state index in [2.05, 4.69) is 10.1 Å². The molecule has 1 N–H and O–H groups in total. The average molecular weight is 277 g/mol. The monoisotopic (exact) mass is 277 g/mol. The Kier molecular flexibility index (Phi) is 3.33. The molecule has 0 bridgehead atoms. The largest absolute Gasteiger partial charge is 0.475 e. The summed E-state index contributed by atoms with van der Waals surface area (Å²) >= 11 is 0. The first-order valence-electron chi connectivity index (χ1n) is 6.17. The molecule has 0 aliphatic rings. The molecule has 0 radical (unpaired) electrons. The maximum Gasteiger partial charge on any atom is 0.375 e. The summed E-state index contributed by atoms with van der Waals surface area (Å²) in [7, 11) is 0. The zero-order valence-corrected chi connectivity index (χ0v) is 11.8. The summed E-state index contributed by atoms with van der Waals surface area (Å²) < 4.78 is 15.1. The highest BCUT2D eigenvalue weighted by Gasteiger charge is 2.26. The van der Waals surface area contributed by atoms with Gasteiger partial charge in [-0.05, 0) is 24.6 Å². The van der Waals surface area contributed by atoms with E-state index in [0.717, 1.165) is 0 Å². The van der Waals surface area contributed by atoms with Crippen molar-refractivity contribution in [3.05, 3.63) is 41.2 Å². The highest BCUT2D eigenvalue weighted by Crippen LogP contribution is 2.24. The van der Waals surface area contributed by atoms with Crippen LogP contribution in [-0.2, 0) is 5.41 Å². The van der Waals surface area contributed by atoms with Crippen LogP contribution in [0.3, 0.4) is 0 Å². The quantitative estimate of drug-likeness (QED) is 0.916. The van der Waals surface area contributed by atoms with Gasteiger partial charge in [-0.25, -0.2) is 18.9 Å². The van der Waals surface area contributed by atoms with Gasteiger partial charge < -0.3 is 5.11 Å². The third kappa shape index (κ3) is 2.54. The van der Waals surface area contributed by atoms with Crippen LogP contribution in [0.25, 0.3) is 5.69 Å². The third-order valence-corrected chi connectivity index (χ3v) is 2.87. The van der Waals surface area contributed by atoms with Crippen LogP contribution >= 0.6 is 0 Å². The Balaban J connectivity index is 2.65. The van der Waals surface area contributed by atoms with Gasteiger partial charge in [0.1, 0.15) is 11.6 Å². The molecule has 0 saturated heterocycles. The molecule has 5 nitrogen and oxygen atoms in total. The van der Waals surface area contributed by atoms with Crippen LogP contribution in [0.1, 0.15) is 42.8 Å². The van der Waals surface area contributed by atoms with Crippen LogP contribution in [0.5, 0.6) is 0 Å². The average Bonchev–Trinajstić information content (AvgIpc) is 2.77. The first-order valence-corrected chi connectivity index (χ1v) is 6.17. The van der Waals surface area contributed by atoms with Crippen molar-refractivity contribution in [1.29, 1.82) is 0 Å². The molecule has 2 rings (SSSR count). The molecule has 0 fully saturated rings. The van der Waals surface area contributed by atoms with Crippen LogP contribution in [-0.4, -0.2) is 25.8 Å². The standard InChI is InChI=1S/C14H16FN3O2/c1-8-5-6-9(7-10(8)15)18-13(14(2,3)4)16-11(17-18)12(19)20/h5-7H,1-4H3,(H,19,20). The van der Waals surface area contributed by atoms with Gasteiger partial charge in [-0.15, -0.1) is 5.10 Å². The number of nitrogens with zero attached hydrogens (tertiary/aromatic N) is 3. The molecule has 0 atom stereocenters. The molecular weight excluding hydrogens is 261 g/mol. The molecule has 106 valence electrons. The van der Waals surface area contributed by atoms with Crippen molar-refractivity contribution >= 4 is 5.97 Å². The fourth-order valence-electron chi connectivity index (χ4n) is 1.78. The van der Waals surface area contributed by atoms with Crippen molar-refractivity contribution in [2.24, 2.45) is 0 Å². The van der Waals surface area contributed by atoms with Gasteiger partial charge in [-0.1, -0.05) is 26.8 Å². The van der Waals surface area contributed by atoms with E-state index in [1.807, 2.05) is 20.8 Å². The summed E-state index contributed by atoms with van der Waals surface area (Å²) in [6.45, 7) is 7.34. The van der Waals surface area contributed by atoms with Gasteiger partial charge >= 0.3 is 5.97 Å². The molecule has 2 aromatic rings. The van der Waals surface area contributed by atoms with Gasteiger partial charge in [-0.3, -0.25) is 0 Å². The summed E-state index contributed by atoms with van der Waals surface area (Å²) in [5.74, 6) is -1.40. The molecule has 0 unspecified atom stereocenters. The SMILES string of the molecule is Cc1ccc(-n2nc(C(=O)O)nc2C(C)(C)C)cc1F. The predicted molar refractivity (Wildman–Crippen MR) is 71.7 cm³/mol. The number of carboxylic acids is 1. The van der Waals surface area contributed by atoms with Gasteiger partial charge in [0.25, 0.3) is 5.82 Å². The second-order valence-electron chi connectivity index (χ2n) is 5.66. The Labute approximate surface area is 116 Å². The second-order valence-corrected chi connectivity index (χ2v) is 5.66. The Hall–Kier alpha value is -2.24. The Bertz CT molecular complexity index is 672. The lowest BCUT2D eigenvalue weighted by Crippen LogP contribution is -2.19. The van der Waals surface area contributed by atoms with Crippen LogP contribution in [0.4, 0.5) is 4.39 Å². The Morgan fingerprint density at radius 1 is 1.35 bits per heavy atom. The minimum atomic E-state index is -1.21. The van der Waals surface area contributed by atoms with Crippen molar-refractivity contribution in [3.8, 4) is 5.69 Å². The van der Waals surface area contributed by atoms with Gasteiger partial charge in [-0.2, -0.15) is 0 Å². The molecule has 1 aromatic carbocycles. The third-order valence-electron chi connectivity index (χ3n) is 2.87. The molecule has 0 amide bonds. The van der Waals surface area contributed by atoms with Crippen molar-refractivity contribution in [2.45, 2.75) is 33.1 Å². The number of hydrogen-bond acceptors (Lipinski definition) is 3. The van der Waals surface area contributed by atoms with E-state index >= 15 is 0 Å².